The lowest BCUT2D eigenvalue weighted by atomic mass is 9.91. The Morgan fingerprint density at radius 1 is 1.03 bits per heavy atom. The molecule has 2 aliphatic rings. The molecule has 2 saturated heterocycles. The van der Waals surface area contributed by atoms with Gasteiger partial charge in [-0.3, -0.25) is 4.79 Å². The fraction of sp³-hybridized carbons (Fsp3) is 0.536. The summed E-state index contributed by atoms with van der Waals surface area (Å²) in [4.78, 5) is 11.9. The largest absolute Gasteiger partial charge is 0.407 e. The summed E-state index contributed by atoms with van der Waals surface area (Å²) in [6.45, 7) is 9.16. The van der Waals surface area contributed by atoms with E-state index in [0.717, 1.165) is 32.1 Å². The average molecular weight is 467 g/mol. The van der Waals surface area contributed by atoms with Crippen molar-refractivity contribution in [2.75, 3.05) is 6.61 Å². The number of hydrogen-bond donors (Lipinski definition) is 0. The van der Waals surface area contributed by atoms with Crippen LogP contribution in [0.15, 0.2) is 60.7 Å². The number of benzene rings is 2. The highest BCUT2D eigenvalue weighted by molar-refractivity contribution is 6.99. The van der Waals surface area contributed by atoms with Crippen LogP contribution >= 0.6 is 0 Å². The van der Waals surface area contributed by atoms with Crippen LogP contribution in [0.1, 0.15) is 66.2 Å². The highest BCUT2D eigenvalue weighted by Gasteiger charge is 2.51. The molecule has 2 heterocycles. The van der Waals surface area contributed by atoms with Gasteiger partial charge in [-0.1, -0.05) is 81.4 Å². The third-order valence-electron chi connectivity index (χ3n) is 7.07. The SMILES string of the molecule is CC(=O)C[C@@]12CCC[C@@H](C[C@H](CCO[Si](c3ccccc3)(c3ccccc3)C(C)(C)C)O1)O2. The van der Waals surface area contributed by atoms with Crippen molar-refractivity contribution in [1.29, 1.82) is 0 Å². The Morgan fingerprint density at radius 3 is 2.18 bits per heavy atom. The zero-order valence-electron chi connectivity index (χ0n) is 20.5. The molecule has 0 aromatic heterocycles. The van der Waals surface area contributed by atoms with Gasteiger partial charge in [-0.05, 0) is 41.6 Å². The zero-order valence-corrected chi connectivity index (χ0v) is 21.5. The van der Waals surface area contributed by atoms with Gasteiger partial charge in [-0.15, -0.1) is 0 Å². The average Bonchev–Trinajstić information content (AvgIpc) is 2.76. The van der Waals surface area contributed by atoms with Gasteiger partial charge in [0.1, 0.15) is 5.78 Å². The predicted octanol–water partition coefficient (Wildman–Crippen LogP) is 4.99. The number of hydrogen-bond acceptors (Lipinski definition) is 4. The van der Waals surface area contributed by atoms with E-state index >= 15 is 0 Å². The normalized spacial score (nSPS) is 25.6. The molecular weight excluding hydrogens is 428 g/mol. The monoisotopic (exact) mass is 466 g/mol. The van der Waals surface area contributed by atoms with E-state index in [0.29, 0.717) is 13.0 Å². The maximum Gasteiger partial charge on any atom is 0.261 e. The minimum Gasteiger partial charge on any atom is -0.407 e. The minimum absolute atomic E-state index is 0.0431. The lowest BCUT2D eigenvalue weighted by Gasteiger charge is -2.48. The van der Waals surface area contributed by atoms with Gasteiger partial charge in [0.15, 0.2) is 5.79 Å². The highest BCUT2D eigenvalue weighted by Crippen LogP contribution is 2.42. The lowest BCUT2D eigenvalue weighted by molar-refractivity contribution is -0.335. The Morgan fingerprint density at radius 2 is 1.64 bits per heavy atom. The fourth-order valence-corrected chi connectivity index (χ4v) is 10.3. The van der Waals surface area contributed by atoms with Crippen molar-refractivity contribution in [3.63, 3.8) is 0 Å². The van der Waals surface area contributed by atoms with E-state index in [1.165, 1.54) is 10.4 Å². The second-order valence-electron chi connectivity index (χ2n) is 10.7. The number of rotatable bonds is 8. The minimum atomic E-state index is -2.55. The van der Waals surface area contributed by atoms with E-state index in [-0.39, 0.29) is 23.0 Å². The second kappa shape index (κ2) is 9.83. The standard InChI is InChI=1S/C28H38O4Si/c1-22(29)21-28-18-11-12-23(31-28)20-24(32-28)17-19-30-33(27(2,3)4,25-13-7-5-8-14-25)26-15-9-6-10-16-26/h5-10,13-16,23-24H,11-12,17-21H2,1-4H3/t23-,24-,28+/m0/s1. The van der Waals surface area contributed by atoms with Crippen LogP contribution in [-0.4, -0.2) is 38.7 Å². The van der Waals surface area contributed by atoms with Crippen molar-refractivity contribution in [1.82, 2.24) is 0 Å². The van der Waals surface area contributed by atoms with E-state index in [9.17, 15) is 4.79 Å². The van der Waals surface area contributed by atoms with Gasteiger partial charge in [0.05, 0.1) is 18.6 Å². The third-order valence-corrected chi connectivity index (χ3v) is 12.1. The van der Waals surface area contributed by atoms with E-state index in [4.69, 9.17) is 13.9 Å². The van der Waals surface area contributed by atoms with Gasteiger partial charge >= 0.3 is 0 Å². The first-order chi connectivity index (χ1) is 15.7. The molecule has 2 bridgehead atoms. The van der Waals surface area contributed by atoms with Gasteiger partial charge < -0.3 is 13.9 Å². The van der Waals surface area contributed by atoms with E-state index < -0.39 is 14.1 Å². The first kappa shape index (κ1) is 24.3. The summed E-state index contributed by atoms with van der Waals surface area (Å²) in [6.07, 6.45) is 5.18. The molecule has 4 rings (SSSR count). The highest BCUT2D eigenvalue weighted by atomic mass is 28.4. The summed E-state index contributed by atoms with van der Waals surface area (Å²) in [6, 6.07) is 21.5. The van der Waals surface area contributed by atoms with Crippen molar-refractivity contribution in [3.05, 3.63) is 60.7 Å². The summed E-state index contributed by atoms with van der Waals surface area (Å²) in [5, 5.41) is 2.54. The number of carbonyl (C=O) groups excluding carboxylic acids is 1. The molecule has 0 unspecified atom stereocenters. The number of ether oxygens (including phenoxy) is 2. The van der Waals surface area contributed by atoms with Gasteiger partial charge in [0.25, 0.3) is 8.32 Å². The molecular formula is C28H38O4Si. The third kappa shape index (κ3) is 5.17. The Hall–Kier alpha value is -1.79. The molecule has 2 fully saturated rings. The maximum absolute atomic E-state index is 11.9. The van der Waals surface area contributed by atoms with Crippen LogP contribution in [-0.2, 0) is 18.7 Å². The molecule has 2 aromatic rings. The van der Waals surface area contributed by atoms with Crippen molar-refractivity contribution >= 4 is 24.5 Å². The Labute approximate surface area is 199 Å². The van der Waals surface area contributed by atoms with Crippen molar-refractivity contribution in [2.24, 2.45) is 0 Å². The number of Topliss-reactive ketones (excluding diaryl/α,β-unsaturated/α-hetero) is 1. The Kier molecular flexibility index (Phi) is 7.25. The molecule has 5 heteroatoms. The summed E-state index contributed by atoms with van der Waals surface area (Å²) < 4.78 is 19.7. The van der Waals surface area contributed by atoms with Gasteiger partial charge in [-0.2, -0.15) is 0 Å². The molecule has 4 nitrogen and oxygen atoms in total. The van der Waals surface area contributed by atoms with Crippen molar-refractivity contribution in [2.45, 2.75) is 89.3 Å². The lowest BCUT2D eigenvalue weighted by Crippen LogP contribution is -2.66. The fourth-order valence-electron chi connectivity index (χ4n) is 5.75. The van der Waals surface area contributed by atoms with Gasteiger partial charge in [-0.25, -0.2) is 0 Å². The first-order valence-corrected chi connectivity index (χ1v) is 14.2. The molecule has 0 aliphatic carbocycles. The molecule has 0 radical (unpaired) electrons. The molecule has 0 spiro atoms. The summed E-state index contributed by atoms with van der Waals surface area (Å²) in [5.74, 6) is -0.602. The van der Waals surface area contributed by atoms with Crippen LogP contribution in [0.4, 0.5) is 0 Å². The van der Waals surface area contributed by atoms with E-state index in [1.54, 1.807) is 6.92 Å². The zero-order chi connectivity index (χ0) is 23.5. The predicted molar refractivity (Wildman–Crippen MR) is 134 cm³/mol. The van der Waals surface area contributed by atoms with Crippen LogP contribution in [0.5, 0.6) is 0 Å². The van der Waals surface area contributed by atoms with Crippen LogP contribution in [0, 0.1) is 0 Å². The van der Waals surface area contributed by atoms with Gasteiger partial charge in [0.2, 0.25) is 0 Å². The maximum atomic E-state index is 11.9. The van der Waals surface area contributed by atoms with Crippen LogP contribution in [0.25, 0.3) is 0 Å². The smallest absolute Gasteiger partial charge is 0.261 e. The first-order valence-electron chi connectivity index (χ1n) is 12.3. The Balaban J connectivity index is 1.56. The molecule has 2 aromatic carbocycles. The van der Waals surface area contributed by atoms with Crippen LogP contribution in [0.2, 0.25) is 5.04 Å². The van der Waals surface area contributed by atoms with Crippen LogP contribution < -0.4 is 10.4 Å². The molecule has 0 saturated carbocycles. The number of fused-ring (bicyclic) bond motifs is 2. The van der Waals surface area contributed by atoms with E-state index in [1.807, 2.05) is 0 Å². The summed E-state index contributed by atoms with van der Waals surface area (Å²) in [5.41, 5.74) is 0. The van der Waals surface area contributed by atoms with Crippen molar-refractivity contribution < 1.29 is 18.7 Å². The number of ketones is 1. The van der Waals surface area contributed by atoms with Crippen LogP contribution in [0.3, 0.4) is 0 Å². The molecule has 3 atom stereocenters. The van der Waals surface area contributed by atoms with Crippen molar-refractivity contribution in [3.8, 4) is 0 Å². The van der Waals surface area contributed by atoms with E-state index in [2.05, 4.69) is 81.4 Å². The topological polar surface area (TPSA) is 44.8 Å². The molecule has 178 valence electrons. The molecule has 0 N–H and O–H groups in total. The molecule has 33 heavy (non-hydrogen) atoms. The summed E-state index contributed by atoms with van der Waals surface area (Å²) in [7, 11) is -2.55. The second-order valence-corrected chi connectivity index (χ2v) is 15.0. The number of carbonyl (C=O) groups is 1. The molecule has 0 amide bonds. The summed E-state index contributed by atoms with van der Waals surface area (Å²) >= 11 is 0. The Bertz CT molecular complexity index is 884. The van der Waals surface area contributed by atoms with Gasteiger partial charge in [0, 0.05) is 19.4 Å². The quantitative estimate of drug-likeness (QED) is 0.515. The molecule has 2 aliphatic heterocycles.